The zero-order chi connectivity index (χ0) is 46.9. The summed E-state index contributed by atoms with van der Waals surface area (Å²) in [5.41, 5.74) is 7.49. The van der Waals surface area contributed by atoms with Crippen molar-refractivity contribution in [1.29, 1.82) is 0 Å². The predicted octanol–water partition coefficient (Wildman–Crippen LogP) is -1.21. The molecule has 8 atom stereocenters. The Labute approximate surface area is 375 Å². The number of nitrogens with one attached hydrogen (secondary N) is 8. The summed E-state index contributed by atoms with van der Waals surface area (Å²) in [5.74, 6) is -7.52. The molecule has 3 aromatic rings. The molecular weight excluding hydrogens is 841 g/mol. The molecule has 5 heterocycles. The molecule has 2 aromatic heterocycles. The lowest BCUT2D eigenvalue weighted by molar-refractivity contribution is -0.149. The maximum Gasteiger partial charge on any atom is 0.246 e. The Bertz CT molecular complexity index is 2260. The lowest BCUT2D eigenvalue weighted by Crippen LogP contribution is -2.61. The van der Waals surface area contributed by atoms with Crippen molar-refractivity contribution in [1.82, 2.24) is 56.7 Å². The number of hydrogen-bond donors (Lipinski definition) is 9. The van der Waals surface area contributed by atoms with E-state index in [0.29, 0.717) is 36.9 Å². The molecule has 0 aliphatic carbocycles. The Morgan fingerprint density at radius 1 is 0.738 bits per heavy atom. The number of nitrogens with zero attached hydrogens (tertiary/aromatic N) is 3. The summed E-state index contributed by atoms with van der Waals surface area (Å²) in [4.78, 5) is 138. The van der Waals surface area contributed by atoms with Crippen LogP contribution in [0.2, 0.25) is 0 Å². The number of aromatic amines is 2. The molecule has 3 aliphatic heterocycles. The van der Waals surface area contributed by atoms with Crippen LogP contribution >= 0.6 is 0 Å². The molecule has 6 rings (SSSR count). The number of H-pyrrole nitrogens is 2. The van der Waals surface area contributed by atoms with Gasteiger partial charge in [-0.1, -0.05) is 52.3 Å². The number of amides is 9. The number of benzene rings is 1. The van der Waals surface area contributed by atoms with Crippen LogP contribution in [0.15, 0.2) is 43.0 Å². The predicted molar refractivity (Wildman–Crippen MR) is 235 cm³/mol. The third-order valence-corrected chi connectivity index (χ3v) is 12.5. The number of carbonyl (C=O) groups excluding carboxylic acids is 9. The first-order chi connectivity index (χ1) is 31.1. The van der Waals surface area contributed by atoms with Crippen molar-refractivity contribution in [3.05, 3.63) is 54.2 Å². The van der Waals surface area contributed by atoms with Crippen LogP contribution in [0.3, 0.4) is 0 Å². The molecule has 0 saturated carbocycles. The van der Waals surface area contributed by atoms with E-state index in [1.165, 1.54) is 22.3 Å². The zero-order valence-electron chi connectivity index (χ0n) is 37.1. The fourth-order valence-corrected chi connectivity index (χ4v) is 8.71. The van der Waals surface area contributed by atoms with Gasteiger partial charge in [0.05, 0.1) is 19.3 Å². The summed E-state index contributed by atoms with van der Waals surface area (Å²) in [6.07, 6.45) is 5.82. The number of aromatic nitrogens is 3. The van der Waals surface area contributed by atoms with Gasteiger partial charge in [-0.2, -0.15) is 0 Å². The molecule has 0 spiro atoms. The van der Waals surface area contributed by atoms with E-state index in [0.717, 1.165) is 10.9 Å². The minimum atomic E-state index is -1.55. The highest BCUT2D eigenvalue weighted by Gasteiger charge is 2.45. The van der Waals surface area contributed by atoms with Gasteiger partial charge in [-0.3, -0.25) is 43.2 Å². The van der Waals surface area contributed by atoms with Gasteiger partial charge in [0.1, 0.15) is 42.3 Å². The number of rotatable bonds is 9. The normalized spacial score (nSPS) is 26.3. The maximum atomic E-state index is 14.5. The third-order valence-electron chi connectivity index (χ3n) is 12.5. The first kappa shape index (κ1) is 47.7. The average molecular weight is 901 g/mol. The van der Waals surface area contributed by atoms with Gasteiger partial charge in [0, 0.05) is 54.9 Å². The van der Waals surface area contributed by atoms with E-state index in [1.807, 2.05) is 31.2 Å². The van der Waals surface area contributed by atoms with E-state index in [4.69, 9.17) is 5.73 Å². The molecule has 21 nitrogen and oxygen atoms in total. The fourth-order valence-electron chi connectivity index (χ4n) is 8.71. The number of hydrogen-bond acceptors (Lipinski definition) is 10. The van der Waals surface area contributed by atoms with Crippen molar-refractivity contribution in [2.75, 3.05) is 19.6 Å². The lowest BCUT2D eigenvalue weighted by atomic mass is 9.96. The highest BCUT2D eigenvalue weighted by molar-refractivity contribution is 6.00. The molecule has 3 aliphatic rings. The summed E-state index contributed by atoms with van der Waals surface area (Å²) in [6.45, 7) is 6.62. The highest BCUT2D eigenvalue weighted by atomic mass is 16.2. The van der Waals surface area contributed by atoms with Crippen molar-refractivity contribution in [3.8, 4) is 0 Å². The fraction of sp³-hybridized carbons (Fsp3) is 0.545. The van der Waals surface area contributed by atoms with E-state index in [9.17, 15) is 43.2 Å². The van der Waals surface area contributed by atoms with E-state index in [2.05, 4.69) is 46.9 Å². The van der Waals surface area contributed by atoms with Gasteiger partial charge in [-0.15, -0.1) is 0 Å². The molecule has 10 N–H and O–H groups in total. The summed E-state index contributed by atoms with van der Waals surface area (Å²) in [7, 11) is 0. The lowest BCUT2D eigenvalue weighted by Gasteiger charge is -2.35. The molecule has 0 radical (unpaired) electrons. The Kier molecular flexibility index (Phi) is 15.6. The van der Waals surface area contributed by atoms with Crippen molar-refractivity contribution in [2.45, 2.75) is 121 Å². The van der Waals surface area contributed by atoms with Gasteiger partial charge in [0.25, 0.3) is 0 Å². The monoisotopic (exact) mass is 900 g/mol. The Hall–Kier alpha value is -6.80. The molecule has 0 unspecified atom stereocenters. The second-order valence-electron chi connectivity index (χ2n) is 17.5. The highest BCUT2D eigenvalue weighted by Crippen LogP contribution is 2.27. The molecular formula is C44H60N12O9. The van der Waals surface area contributed by atoms with Crippen LogP contribution < -0.4 is 37.6 Å². The van der Waals surface area contributed by atoms with Gasteiger partial charge in [0.2, 0.25) is 53.2 Å². The number of para-hydroxylation sites is 1. The molecule has 3 saturated heterocycles. The number of imidazole rings is 1. The van der Waals surface area contributed by atoms with Crippen molar-refractivity contribution in [2.24, 2.45) is 17.6 Å². The molecule has 65 heavy (non-hydrogen) atoms. The SMILES string of the molecule is CC[C@H](C)[C@@H]1NC(=O)[C@H](CC(N)=O)NC(=O)[C@H](C(C)C)NC(=O)CNC(=O)[C@H](Cc2cnc[nH]2)NC(=O)[C@H](Cc2c[nH]c3ccccc23)NC(=O)[C@@H]2CCCN2C(=O)[C@@H]2CCCN2C1=O. The van der Waals surface area contributed by atoms with Gasteiger partial charge >= 0.3 is 0 Å². The van der Waals surface area contributed by atoms with Crippen LogP contribution in [-0.2, 0) is 56.0 Å². The Balaban J connectivity index is 1.36. The van der Waals surface area contributed by atoms with E-state index in [-0.39, 0.29) is 32.4 Å². The second-order valence-corrected chi connectivity index (χ2v) is 17.5. The van der Waals surface area contributed by atoms with E-state index in [1.54, 1.807) is 27.0 Å². The maximum absolute atomic E-state index is 14.5. The molecule has 9 amide bonds. The van der Waals surface area contributed by atoms with Crippen LogP contribution in [0.4, 0.5) is 0 Å². The first-order valence-corrected chi connectivity index (χ1v) is 22.3. The van der Waals surface area contributed by atoms with Gasteiger partial charge < -0.3 is 57.4 Å². The number of fused-ring (bicyclic) bond motifs is 3. The molecule has 3 fully saturated rings. The summed E-state index contributed by atoms with van der Waals surface area (Å²) < 4.78 is 0. The van der Waals surface area contributed by atoms with Gasteiger partial charge in [-0.05, 0) is 49.1 Å². The summed E-state index contributed by atoms with van der Waals surface area (Å²) in [5, 5.41) is 16.8. The standard InChI is InChI=1S/C44H60N12O9/c1-5-24(4)37-44(65)56-15-9-13-33(56)43(64)55-14-8-12-32(55)41(62)51-29(16-25-19-47-28-11-7-6-10-27(25)28)39(60)50-30(17-26-20-46-22-49-26)38(59)48-21-35(58)53-36(23(2)3)42(63)52-31(18-34(45)57)40(61)54-37/h6-7,10-11,19-20,22-24,29-33,36-37,47H,5,8-9,12-18,21H2,1-4H3,(H2,45,57)(H,46,49)(H,48,59)(H,50,60)(H,51,62)(H,52,63)(H,53,58)(H,54,61)/t24-,29-,30-,31-,32-,33-,36-,37-/m0/s1. The third kappa shape index (κ3) is 11.5. The second kappa shape index (κ2) is 21.3. The number of carbonyl (C=O) groups is 9. The van der Waals surface area contributed by atoms with E-state index >= 15 is 0 Å². The van der Waals surface area contributed by atoms with Crippen LogP contribution in [0.1, 0.15) is 77.5 Å². The molecule has 1 aromatic carbocycles. The minimum Gasteiger partial charge on any atom is -0.370 e. The zero-order valence-corrected chi connectivity index (χ0v) is 37.1. The van der Waals surface area contributed by atoms with Gasteiger partial charge in [-0.25, -0.2) is 4.98 Å². The van der Waals surface area contributed by atoms with Crippen LogP contribution in [0.25, 0.3) is 10.9 Å². The average Bonchev–Trinajstić information content (AvgIpc) is 4.13. The summed E-state index contributed by atoms with van der Waals surface area (Å²) >= 11 is 0. The van der Waals surface area contributed by atoms with Crippen molar-refractivity contribution in [3.63, 3.8) is 0 Å². The van der Waals surface area contributed by atoms with Crippen molar-refractivity contribution < 1.29 is 43.2 Å². The Morgan fingerprint density at radius 2 is 1.38 bits per heavy atom. The quantitative estimate of drug-likeness (QED) is 0.124. The molecule has 350 valence electrons. The number of nitrogens with two attached hydrogens (primary N) is 1. The van der Waals surface area contributed by atoms with E-state index < -0.39 is 120 Å². The minimum absolute atomic E-state index is 0.00433. The smallest absolute Gasteiger partial charge is 0.246 e. The van der Waals surface area contributed by atoms with Crippen LogP contribution in [0, 0.1) is 11.8 Å². The number of primary amides is 1. The van der Waals surface area contributed by atoms with Crippen LogP contribution in [-0.4, -0.2) is 140 Å². The van der Waals surface area contributed by atoms with Crippen LogP contribution in [0.5, 0.6) is 0 Å². The largest absolute Gasteiger partial charge is 0.370 e. The Morgan fingerprint density at radius 3 is 2.06 bits per heavy atom. The first-order valence-electron chi connectivity index (χ1n) is 22.3. The summed E-state index contributed by atoms with van der Waals surface area (Å²) in [6, 6.07) is -1.06. The van der Waals surface area contributed by atoms with Gasteiger partial charge in [0.15, 0.2) is 0 Å². The topological polar surface area (TPSA) is 303 Å². The van der Waals surface area contributed by atoms with Crippen molar-refractivity contribution >= 4 is 64.1 Å². The molecule has 0 bridgehead atoms. The molecule has 21 heteroatoms.